The summed E-state index contributed by atoms with van der Waals surface area (Å²) in [5.41, 5.74) is 5.10. The molecule has 0 saturated heterocycles. The highest BCUT2D eigenvalue weighted by Crippen LogP contribution is 2.27. The SMILES string of the molecule is COC(=O)c1scc(C)c1S(=O)(=O)NCC(F)(F)CN.Cl. The summed E-state index contributed by atoms with van der Waals surface area (Å²) in [6, 6.07) is 0. The monoisotopic (exact) mass is 364 g/mol. The lowest BCUT2D eigenvalue weighted by Gasteiger charge is -2.15. The summed E-state index contributed by atoms with van der Waals surface area (Å²) in [6.45, 7) is -0.664. The van der Waals surface area contributed by atoms with Gasteiger partial charge in [0.25, 0.3) is 5.92 Å². The van der Waals surface area contributed by atoms with Crippen molar-refractivity contribution in [3.63, 3.8) is 0 Å². The minimum atomic E-state index is -4.25. The largest absolute Gasteiger partial charge is 0.465 e. The number of carbonyl (C=O) groups excluding carboxylic acids is 1. The fourth-order valence-electron chi connectivity index (χ4n) is 1.35. The second-order valence-electron chi connectivity index (χ2n) is 3.95. The van der Waals surface area contributed by atoms with Crippen LogP contribution in [0.3, 0.4) is 0 Å². The standard InChI is InChI=1S/C10H14F2N2O4S2.ClH/c1-6-3-19-7(9(15)18-2)8(6)20(16,17)14-5-10(11,12)4-13;/h3,14H,4-5,13H2,1-2H3;1H. The number of methoxy groups -OCH3 is 1. The summed E-state index contributed by atoms with van der Waals surface area (Å²) < 4.78 is 56.3. The maximum absolute atomic E-state index is 13.0. The van der Waals surface area contributed by atoms with Crippen LogP contribution in [-0.2, 0) is 14.8 Å². The van der Waals surface area contributed by atoms with E-state index in [0.717, 1.165) is 18.4 Å². The van der Waals surface area contributed by atoms with E-state index in [9.17, 15) is 22.0 Å². The number of rotatable bonds is 6. The molecule has 0 bridgehead atoms. The van der Waals surface area contributed by atoms with Gasteiger partial charge in [-0.15, -0.1) is 23.7 Å². The third-order valence-corrected chi connectivity index (χ3v) is 5.17. The van der Waals surface area contributed by atoms with Crippen LogP contribution in [0, 0.1) is 6.92 Å². The molecule has 1 aromatic rings. The summed E-state index contributed by atoms with van der Waals surface area (Å²) >= 11 is 0.869. The Hall–Kier alpha value is -0.810. The van der Waals surface area contributed by atoms with Crippen LogP contribution in [0.2, 0.25) is 0 Å². The first kappa shape index (κ1) is 20.2. The number of aryl methyl sites for hydroxylation is 1. The van der Waals surface area contributed by atoms with E-state index in [1.165, 1.54) is 12.3 Å². The summed E-state index contributed by atoms with van der Waals surface area (Å²) in [5, 5.41) is 1.43. The number of carbonyl (C=O) groups is 1. The van der Waals surface area contributed by atoms with Crippen molar-refractivity contribution >= 4 is 39.7 Å². The zero-order valence-electron chi connectivity index (χ0n) is 11.2. The van der Waals surface area contributed by atoms with E-state index >= 15 is 0 Å². The van der Waals surface area contributed by atoms with Gasteiger partial charge in [-0.05, 0) is 17.9 Å². The average molecular weight is 365 g/mol. The van der Waals surface area contributed by atoms with Gasteiger partial charge >= 0.3 is 5.97 Å². The Morgan fingerprint density at radius 2 is 2.10 bits per heavy atom. The molecule has 21 heavy (non-hydrogen) atoms. The molecule has 0 atom stereocenters. The summed E-state index contributed by atoms with van der Waals surface area (Å²) in [4.78, 5) is 11.0. The van der Waals surface area contributed by atoms with E-state index in [1.807, 2.05) is 0 Å². The molecule has 0 aliphatic carbocycles. The van der Waals surface area contributed by atoms with E-state index in [0.29, 0.717) is 0 Å². The van der Waals surface area contributed by atoms with Gasteiger partial charge in [-0.1, -0.05) is 0 Å². The first-order valence-corrected chi connectivity index (χ1v) is 7.75. The van der Waals surface area contributed by atoms with Gasteiger partial charge in [-0.2, -0.15) is 0 Å². The van der Waals surface area contributed by atoms with Gasteiger partial charge in [0.1, 0.15) is 9.77 Å². The molecule has 1 rings (SSSR count). The van der Waals surface area contributed by atoms with Gasteiger partial charge in [0, 0.05) is 0 Å². The number of sulfonamides is 1. The van der Waals surface area contributed by atoms with Crippen LogP contribution in [0.15, 0.2) is 10.3 Å². The second kappa shape index (κ2) is 7.45. The van der Waals surface area contributed by atoms with Gasteiger partial charge in [-0.25, -0.2) is 26.7 Å². The number of hydrogen-bond donors (Lipinski definition) is 2. The van der Waals surface area contributed by atoms with E-state index in [-0.39, 0.29) is 27.7 Å². The molecule has 0 amide bonds. The molecule has 0 saturated carbocycles. The molecular weight excluding hydrogens is 350 g/mol. The van der Waals surface area contributed by atoms with Gasteiger partial charge < -0.3 is 10.5 Å². The highest BCUT2D eigenvalue weighted by atomic mass is 35.5. The molecule has 3 N–H and O–H groups in total. The molecule has 122 valence electrons. The number of thiophene rings is 1. The fraction of sp³-hybridized carbons (Fsp3) is 0.500. The van der Waals surface area contributed by atoms with E-state index in [4.69, 9.17) is 5.73 Å². The van der Waals surface area contributed by atoms with Crippen molar-refractivity contribution in [1.82, 2.24) is 4.72 Å². The van der Waals surface area contributed by atoms with Crippen molar-refractivity contribution in [3.8, 4) is 0 Å². The Bertz CT molecular complexity index is 604. The number of ether oxygens (including phenoxy) is 1. The predicted molar refractivity (Wildman–Crippen MR) is 76.8 cm³/mol. The van der Waals surface area contributed by atoms with Crippen molar-refractivity contribution in [2.75, 3.05) is 20.2 Å². The Morgan fingerprint density at radius 1 is 1.52 bits per heavy atom. The lowest BCUT2D eigenvalue weighted by Crippen LogP contribution is -2.41. The summed E-state index contributed by atoms with van der Waals surface area (Å²) in [7, 11) is -3.15. The van der Waals surface area contributed by atoms with E-state index in [2.05, 4.69) is 4.74 Å². The van der Waals surface area contributed by atoms with Crippen LogP contribution in [0.25, 0.3) is 0 Å². The lowest BCUT2D eigenvalue weighted by molar-refractivity contribution is 0.0170. The molecular formula is C10H15ClF2N2O4S2. The maximum Gasteiger partial charge on any atom is 0.349 e. The fourth-order valence-corrected chi connectivity index (χ4v) is 4.11. The van der Waals surface area contributed by atoms with Crippen molar-refractivity contribution < 1.29 is 26.7 Å². The third-order valence-electron chi connectivity index (χ3n) is 2.38. The normalized spacial score (nSPS) is 11.9. The zero-order chi connectivity index (χ0) is 15.6. The molecule has 0 radical (unpaired) electrons. The topological polar surface area (TPSA) is 98.5 Å². The minimum Gasteiger partial charge on any atom is -0.465 e. The van der Waals surface area contributed by atoms with Crippen LogP contribution in [0.4, 0.5) is 8.78 Å². The van der Waals surface area contributed by atoms with Gasteiger partial charge in [0.15, 0.2) is 0 Å². The molecule has 0 aliphatic rings. The lowest BCUT2D eigenvalue weighted by atomic mass is 10.3. The van der Waals surface area contributed by atoms with Crippen LogP contribution in [0.1, 0.15) is 15.2 Å². The summed E-state index contributed by atoms with van der Waals surface area (Å²) in [5.74, 6) is -4.20. The average Bonchev–Trinajstić information content (AvgIpc) is 2.78. The quantitative estimate of drug-likeness (QED) is 0.737. The van der Waals surface area contributed by atoms with E-state index < -0.39 is 35.0 Å². The number of hydrogen-bond acceptors (Lipinski definition) is 6. The van der Waals surface area contributed by atoms with Crippen molar-refractivity contribution in [2.45, 2.75) is 17.7 Å². The molecule has 0 aromatic carbocycles. The molecule has 1 aromatic heterocycles. The molecule has 0 fully saturated rings. The Labute approximate surface area is 131 Å². The van der Waals surface area contributed by atoms with Crippen molar-refractivity contribution in [1.29, 1.82) is 0 Å². The Kier molecular flexibility index (Phi) is 7.16. The smallest absolute Gasteiger partial charge is 0.349 e. The third kappa shape index (κ3) is 4.85. The second-order valence-corrected chi connectivity index (χ2v) is 6.54. The predicted octanol–water partition coefficient (Wildman–Crippen LogP) is 1.14. The highest BCUT2D eigenvalue weighted by Gasteiger charge is 2.32. The van der Waals surface area contributed by atoms with Crippen molar-refractivity contribution in [3.05, 3.63) is 15.8 Å². The highest BCUT2D eigenvalue weighted by molar-refractivity contribution is 7.89. The molecule has 6 nitrogen and oxygen atoms in total. The zero-order valence-corrected chi connectivity index (χ0v) is 13.6. The molecule has 0 aliphatic heterocycles. The van der Waals surface area contributed by atoms with Gasteiger partial charge in [0.2, 0.25) is 10.0 Å². The maximum atomic E-state index is 13.0. The molecule has 1 heterocycles. The van der Waals surface area contributed by atoms with Crippen LogP contribution in [-0.4, -0.2) is 40.5 Å². The molecule has 0 unspecified atom stereocenters. The van der Waals surface area contributed by atoms with Gasteiger partial charge in [-0.3, -0.25) is 0 Å². The number of nitrogens with two attached hydrogens (primary N) is 1. The van der Waals surface area contributed by atoms with Crippen LogP contribution >= 0.6 is 23.7 Å². The Balaban J connectivity index is 0.00000400. The number of esters is 1. The molecule has 0 spiro atoms. The van der Waals surface area contributed by atoms with Crippen LogP contribution < -0.4 is 10.5 Å². The Morgan fingerprint density at radius 3 is 2.57 bits per heavy atom. The first-order chi connectivity index (χ1) is 9.14. The first-order valence-electron chi connectivity index (χ1n) is 5.38. The number of halogens is 3. The van der Waals surface area contributed by atoms with Crippen LogP contribution in [0.5, 0.6) is 0 Å². The molecule has 11 heteroatoms. The summed E-state index contributed by atoms with van der Waals surface area (Å²) in [6.07, 6.45) is 0. The number of alkyl halides is 2. The number of nitrogens with one attached hydrogen (secondary N) is 1. The minimum absolute atomic E-state index is 0. The van der Waals surface area contributed by atoms with Gasteiger partial charge in [0.05, 0.1) is 20.2 Å². The van der Waals surface area contributed by atoms with E-state index in [1.54, 1.807) is 4.72 Å². The van der Waals surface area contributed by atoms with Crippen molar-refractivity contribution in [2.24, 2.45) is 5.73 Å².